The number of furan rings is 2. The number of aryl methyl sites for hydroxylation is 1. The normalized spacial score (nSPS) is 12.7. The minimum absolute atomic E-state index is 0.795. The topological polar surface area (TPSA) is 41.6 Å². The van der Waals surface area contributed by atoms with E-state index in [1.54, 1.807) is 0 Å². The van der Waals surface area contributed by atoms with Gasteiger partial charge in [0, 0.05) is 121 Å². The smallest absolute Gasteiger partial charge is 0.159 e. The van der Waals surface area contributed by atoms with Gasteiger partial charge in [-0.1, -0.05) is 269 Å². The first-order valence-corrected chi connectivity index (χ1v) is 33.2. The third-order valence-electron chi connectivity index (χ3n) is 19.9. The van der Waals surface area contributed by atoms with Gasteiger partial charge in [-0.05, 0) is 95.8 Å². The lowest BCUT2D eigenvalue weighted by atomic mass is 9.89. The van der Waals surface area contributed by atoms with Gasteiger partial charge in [0.15, 0.2) is 5.58 Å². The molecule has 0 spiro atoms. The lowest BCUT2D eigenvalue weighted by Gasteiger charge is -2.28. The van der Waals surface area contributed by atoms with Crippen LogP contribution >= 0.6 is 0 Å². The molecule has 0 aliphatic carbocycles. The molecule has 0 saturated heterocycles. The van der Waals surface area contributed by atoms with Crippen molar-refractivity contribution in [2.75, 3.05) is 9.80 Å². The zero-order chi connectivity index (χ0) is 65.9. The quantitative estimate of drug-likeness (QED) is 0.0960. The molecule has 6 heteroatoms. The molecule has 18 aromatic rings. The largest absolute Gasteiger partial charge is 0.463 e. The van der Waals surface area contributed by atoms with Gasteiger partial charge in [0.1, 0.15) is 11.2 Å². The first-order chi connectivity index (χ1) is 48.3. The van der Waals surface area contributed by atoms with Gasteiger partial charge in [0.25, 0.3) is 0 Å². The molecule has 0 aliphatic rings. The van der Waals surface area contributed by atoms with Gasteiger partial charge in [-0.2, -0.15) is 0 Å². The summed E-state index contributed by atoms with van der Waals surface area (Å²) < 4.78 is 18.5. The van der Waals surface area contributed by atoms with Gasteiger partial charge < -0.3 is 27.4 Å². The van der Waals surface area contributed by atoms with E-state index < -0.39 is 0 Å². The molecular weight excluding hydrogens is 1190 g/mol. The Kier molecular flexibility index (Phi) is 13.5. The van der Waals surface area contributed by atoms with Crippen molar-refractivity contribution in [3.8, 4) is 44.5 Å². The van der Waals surface area contributed by atoms with E-state index in [1.165, 1.54) is 16.2 Å². The summed E-state index contributed by atoms with van der Waals surface area (Å²) in [5.74, 6) is 0. The van der Waals surface area contributed by atoms with E-state index in [9.17, 15) is 0 Å². The van der Waals surface area contributed by atoms with Crippen LogP contribution in [0.4, 0.5) is 17.1 Å². The van der Waals surface area contributed by atoms with Gasteiger partial charge in [0.2, 0.25) is 0 Å². The average Bonchev–Trinajstić information content (AvgIpc) is 1.50. The molecule has 464 valence electrons. The first kappa shape index (κ1) is 57.7. The monoisotopic (exact) mass is 1260 g/mol. The fraction of sp³-hybridized carbons (Fsp3) is 0.0217. The van der Waals surface area contributed by atoms with Crippen molar-refractivity contribution in [2.24, 2.45) is 0 Å². The Balaban J connectivity index is 0.847. The second-order valence-corrected chi connectivity index (χ2v) is 25.5. The Morgan fingerprint density at radius 3 is 1.65 bits per heavy atom. The first-order valence-electron chi connectivity index (χ1n) is 33.2. The van der Waals surface area contributed by atoms with Crippen LogP contribution in [0.15, 0.2) is 337 Å². The van der Waals surface area contributed by atoms with Gasteiger partial charge in [-0.25, -0.2) is 0 Å². The lowest BCUT2D eigenvalue weighted by molar-refractivity contribution is 0.616. The van der Waals surface area contributed by atoms with Gasteiger partial charge in [0.05, 0.1) is 39.5 Å². The molecule has 0 saturated carbocycles. The van der Waals surface area contributed by atoms with Gasteiger partial charge in [-0.3, -0.25) is 0 Å². The molecule has 0 N–H and O–H groups in total. The van der Waals surface area contributed by atoms with Crippen molar-refractivity contribution in [1.29, 1.82) is 0 Å². The van der Waals surface area contributed by atoms with E-state index >= 15 is 0 Å². The Labute approximate surface area is 566 Å². The molecule has 0 fully saturated rings. The molecule has 0 aliphatic heterocycles. The highest BCUT2D eigenvalue weighted by Gasteiger charge is 2.31. The number of para-hydroxylation sites is 5. The Morgan fingerprint density at radius 2 is 1.02 bits per heavy atom. The lowest BCUT2D eigenvalue weighted by Crippen LogP contribution is -2.26. The molecule has 6 nitrogen and oxygen atoms in total. The van der Waals surface area contributed by atoms with Crippen LogP contribution in [0.25, 0.3) is 161 Å². The summed E-state index contributed by atoms with van der Waals surface area (Å²) in [7, 11) is 0. The number of rotatable bonds is 15. The van der Waals surface area contributed by atoms with Crippen molar-refractivity contribution >= 4 is 134 Å². The molecule has 0 unspecified atom stereocenters. The average molecular weight is 1260 g/mol. The Hall–Kier alpha value is -12.9. The van der Waals surface area contributed by atoms with E-state index in [-0.39, 0.29) is 0 Å². The number of benzene rings is 12. The third-order valence-corrected chi connectivity index (χ3v) is 19.9. The van der Waals surface area contributed by atoms with Crippen molar-refractivity contribution in [3.63, 3.8) is 0 Å². The fourth-order valence-corrected chi connectivity index (χ4v) is 15.6. The summed E-state index contributed by atoms with van der Waals surface area (Å²) in [5.41, 5.74) is 24.7. The number of allylic oxidation sites excluding steroid dienone is 6. The highest BCUT2D eigenvalue weighted by atomic mass is 16.3. The second-order valence-electron chi connectivity index (χ2n) is 25.5. The summed E-state index contributed by atoms with van der Waals surface area (Å²) >= 11 is 0. The van der Waals surface area contributed by atoms with E-state index in [0.717, 1.165) is 182 Å². The van der Waals surface area contributed by atoms with Crippen LogP contribution in [0, 0.1) is 6.92 Å². The van der Waals surface area contributed by atoms with Crippen LogP contribution in [0.2, 0.25) is 0 Å². The van der Waals surface area contributed by atoms with Crippen molar-refractivity contribution in [1.82, 2.24) is 8.80 Å². The molecule has 98 heavy (non-hydrogen) atoms. The van der Waals surface area contributed by atoms with Crippen LogP contribution in [-0.4, -0.2) is 8.80 Å². The molecule has 12 aromatic carbocycles. The van der Waals surface area contributed by atoms with E-state index in [4.69, 9.17) is 22.0 Å². The second kappa shape index (κ2) is 22.9. The molecule has 0 atom stereocenters. The number of hydrogen-bond acceptors (Lipinski definition) is 4. The molecule has 0 amide bonds. The SMILES string of the molecule is C=C/C=C(\C=C)N(c1ccc2c(c1)c1cccc3c4c(-c5ccccc5)c5c(c(-c6ccccc6)c4n2c13)c1cccc2/c(=C/C(=C)N(/C=C(C)/C=C\c3coc4c(-c6ccccc6)cccc34)c3ccccc3)c(=C)n5c21)c1c(C)ccc2c1oc1c(-c3ccccc3)cccc12. The third kappa shape index (κ3) is 8.81. The summed E-state index contributed by atoms with van der Waals surface area (Å²) in [6, 6.07) is 91.1. The van der Waals surface area contributed by atoms with Crippen LogP contribution in [-0.2, 0) is 0 Å². The molecule has 18 rings (SSSR count). The van der Waals surface area contributed by atoms with E-state index in [1.807, 2.05) is 30.6 Å². The number of hydrogen-bond donors (Lipinski definition) is 0. The van der Waals surface area contributed by atoms with Crippen LogP contribution in [0.3, 0.4) is 0 Å². The minimum Gasteiger partial charge on any atom is -0.463 e. The molecule has 6 heterocycles. The van der Waals surface area contributed by atoms with E-state index in [0.29, 0.717) is 0 Å². The van der Waals surface area contributed by atoms with Crippen molar-refractivity contribution in [3.05, 3.63) is 350 Å². The van der Waals surface area contributed by atoms with Crippen LogP contribution < -0.4 is 20.4 Å². The maximum absolute atomic E-state index is 7.18. The number of aromatic nitrogens is 2. The summed E-state index contributed by atoms with van der Waals surface area (Å²) in [5, 5.41) is 13.1. The zero-order valence-corrected chi connectivity index (χ0v) is 54.3. The Bertz CT molecular complexity index is 6500. The number of fused-ring (bicyclic) bond motifs is 13. The minimum atomic E-state index is 0.795. The van der Waals surface area contributed by atoms with Crippen LogP contribution in [0.5, 0.6) is 0 Å². The number of nitrogens with zero attached hydrogens (tertiary/aromatic N) is 4. The van der Waals surface area contributed by atoms with Crippen molar-refractivity contribution in [2.45, 2.75) is 13.8 Å². The molecule has 6 aromatic heterocycles. The maximum atomic E-state index is 7.18. The summed E-state index contributed by atoms with van der Waals surface area (Å²) in [6.07, 6.45) is 16.3. The predicted molar refractivity (Wildman–Crippen MR) is 415 cm³/mol. The maximum Gasteiger partial charge on any atom is 0.159 e. The summed E-state index contributed by atoms with van der Waals surface area (Å²) in [4.78, 5) is 4.48. The number of anilines is 3. The van der Waals surface area contributed by atoms with Crippen molar-refractivity contribution < 1.29 is 8.83 Å². The summed E-state index contributed by atoms with van der Waals surface area (Å²) in [6.45, 7) is 22.8. The highest BCUT2D eigenvalue weighted by molar-refractivity contribution is 6.36. The predicted octanol–water partition coefficient (Wildman–Crippen LogP) is 23.7. The standard InChI is InChI=1S/C92H64N4O2/c1-7-28-66(8-2)95(85-58(4)48-51-75-74-44-25-40-70(91(74)98-92(75)85)62-31-16-10-17-32-62)68-50-52-80-79(54-68)73-43-27-46-77-84-81(63-33-18-11-19-34-63)88-83(82(64-35-20-12-21-36-64)89(84)96(80)87(73)77)76-45-26-42-72-78(60(6)94(88)86(72)76)53-59(5)93(67-37-22-13-23-38-67)55-57(3)47-49-65-56-97-90-69(39-24-41-71(65)90)61-29-14-9-15-30-61/h7-56H,1-2,5-6H2,3-4H3/b49-47-,57-55+,66-28+,78-53+. The molecule has 0 radical (unpaired) electrons. The molecular formula is C92H64N4O2. The Morgan fingerprint density at radius 1 is 0.480 bits per heavy atom. The van der Waals surface area contributed by atoms with E-state index in [2.05, 4.69) is 319 Å². The van der Waals surface area contributed by atoms with Gasteiger partial charge in [-0.15, -0.1) is 0 Å². The fourth-order valence-electron chi connectivity index (χ4n) is 15.6. The zero-order valence-electron chi connectivity index (χ0n) is 54.3. The molecule has 0 bridgehead atoms. The van der Waals surface area contributed by atoms with Crippen LogP contribution in [0.1, 0.15) is 18.1 Å². The highest BCUT2D eigenvalue weighted by Crippen LogP contribution is 2.54. The van der Waals surface area contributed by atoms with Gasteiger partial charge >= 0.3 is 0 Å².